The van der Waals surface area contributed by atoms with Crippen LogP contribution in [0.3, 0.4) is 0 Å². The minimum Gasteiger partial charge on any atom is -0.329 e. The molecule has 0 amide bonds. The molecule has 0 spiro atoms. The van der Waals surface area contributed by atoms with E-state index in [-0.39, 0.29) is 10.7 Å². The topological polar surface area (TPSA) is 63.2 Å². The highest BCUT2D eigenvalue weighted by atomic mass is 32.2. The van der Waals surface area contributed by atoms with E-state index in [1.54, 1.807) is 61.2 Å². The van der Waals surface area contributed by atoms with Gasteiger partial charge in [-0.25, -0.2) is 12.8 Å². The Kier molecular flexibility index (Phi) is 5.77. The van der Waals surface area contributed by atoms with E-state index in [2.05, 4.69) is 9.97 Å². The highest BCUT2D eigenvalue weighted by Crippen LogP contribution is 2.41. The summed E-state index contributed by atoms with van der Waals surface area (Å²) >= 11 is 0. The van der Waals surface area contributed by atoms with Crippen molar-refractivity contribution in [1.82, 2.24) is 9.97 Å². The SMILES string of the molecule is CS(=O)(=O)c1ccccc1N(c1ccc(F)cc1)C(c1cccnc1)c1cccnc1. The summed E-state index contributed by atoms with van der Waals surface area (Å²) in [5.74, 6) is -0.376. The second kappa shape index (κ2) is 8.65. The molecule has 0 aliphatic carbocycles. The van der Waals surface area contributed by atoms with Crippen LogP contribution in [0.25, 0.3) is 0 Å². The molecule has 0 N–H and O–H groups in total. The van der Waals surface area contributed by atoms with Gasteiger partial charge in [0.1, 0.15) is 5.82 Å². The van der Waals surface area contributed by atoms with Crippen molar-refractivity contribution >= 4 is 21.2 Å². The second-order valence-electron chi connectivity index (χ2n) is 7.06. The van der Waals surface area contributed by atoms with E-state index >= 15 is 0 Å². The molecule has 156 valence electrons. The Bertz CT molecular complexity index is 1230. The van der Waals surface area contributed by atoms with Crippen LogP contribution in [0.1, 0.15) is 17.2 Å². The van der Waals surface area contributed by atoms with Crippen LogP contribution >= 0.6 is 0 Å². The van der Waals surface area contributed by atoms with Crippen LogP contribution in [0.5, 0.6) is 0 Å². The number of hydrogen-bond donors (Lipinski definition) is 0. The van der Waals surface area contributed by atoms with Crippen molar-refractivity contribution in [2.75, 3.05) is 11.2 Å². The number of halogens is 1. The highest BCUT2D eigenvalue weighted by Gasteiger charge is 2.28. The van der Waals surface area contributed by atoms with Crippen molar-refractivity contribution in [3.05, 3.63) is 115 Å². The molecule has 5 nitrogen and oxygen atoms in total. The van der Waals surface area contributed by atoms with E-state index in [9.17, 15) is 12.8 Å². The smallest absolute Gasteiger partial charge is 0.177 e. The molecular weight excluding hydrogens is 413 g/mol. The highest BCUT2D eigenvalue weighted by molar-refractivity contribution is 7.90. The molecule has 0 aliphatic rings. The van der Waals surface area contributed by atoms with E-state index in [1.807, 2.05) is 29.2 Å². The third-order valence-electron chi connectivity index (χ3n) is 4.89. The fourth-order valence-electron chi connectivity index (χ4n) is 3.56. The van der Waals surface area contributed by atoms with Gasteiger partial charge in [0, 0.05) is 36.7 Å². The first-order valence-electron chi connectivity index (χ1n) is 9.59. The number of rotatable bonds is 6. The lowest BCUT2D eigenvalue weighted by atomic mass is 9.98. The fraction of sp³-hybridized carbons (Fsp3) is 0.0833. The predicted octanol–water partition coefficient (Wildman–Crippen LogP) is 4.95. The van der Waals surface area contributed by atoms with Crippen molar-refractivity contribution in [2.45, 2.75) is 10.9 Å². The minimum atomic E-state index is -3.54. The maximum atomic E-state index is 13.7. The van der Waals surface area contributed by atoms with Crippen LogP contribution in [0.4, 0.5) is 15.8 Å². The zero-order chi connectivity index (χ0) is 21.8. The van der Waals surface area contributed by atoms with Crippen molar-refractivity contribution < 1.29 is 12.8 Å². The number of aromatic nitrogens is 2. The van der Waals surface area contributed by atoms with Crippen LogP contribution in [-0.4, -0.2) is 24.6 Å². The number of anilines is 2. The summed E-state index contributed by atoms with van der Waals surface area (Å²) in [4.78, 5) is 10.6. The normalized spacial score (nSPS) is 11.5. The number of benzene rings is 2. The Morgan fingerprint density at radius 2 is 1.39 bits per heavy atom. The number of hydrogen-bond acceptors (Lipinski definition) is 5. The Morgan fingerprint density at radius 1 is 0.806 bits per heavy atom. The summed E-state index contributed by atoms with van der Waals surface area (Å²) in [7, 11) is -3.54. The third kappa shape index (κ3) is 4.46. The van der Waals surface area contributed by atoms with Crippen LogP contribution in [0.15, 0.2) is 102 Å². The number of nitrogens with zero attached hydrogens (tertiary/aromatic N) is 3. The van der Waals surface area contributed by atoms with Gasteiger partial charge in [0.25, 0.3) is 0 Å². The lowest BCUT2D eigenvalue weighted by molar-refractivity contribution is 0.601. The van der Waals surface area contributed by atoms with Crippen LogP contribution in [0, 0.1) is 5.82 Å². The molecule has 0 unspecified atom stereocenters. The monoisotopic (exact) mass is 433 g/mol. The van der Waals surface area contributed by atoms with Gasteiger partial charge in [-0.2, -0.15) is 0 Å². The van der Waals surface area contributed by atoms with Crippen LogP contribution in [0.2, 0.25) is 0 Å². The maximum absolute atomic E-state index is 13.7. The van der Waals surface area contributed by atoms with Gasteiger partial charge in [0.2, 0.25) is 0 Å². The van der Waals surface area contributed by atoms with E-state index in [0.717, 1.165) is 11.1 Å². The Balaban J connectivity index is 2.03. The fourth-order valence-corrected chi connectivity index (χ4v) is 4.44. The van der Waals surface area contributed by atoms with Crippen molar-refractivity contribution in [3.8, 4) is 0 Å². The second-order valence-corrected chi connectivity index (χ2v) is 9.05. The molecule has 0 radical (unpaired) electrons. The lowest BCUT2D eigenvalue weighted by Gasteiger charge is -2.35. The zero-order valence-corrected chi connectivity index (χ0v) is 17.6. The van der Waals surface area contributed by atoms with Gasteiger partial charge in [-0.1, -0.05) is 24.3 Å². The molecule has 0 saturated heterocycles. The molecule has 0 atom stereocenters. The van der Waals surface area contributed by atoms with Gasteiger partial charge in [-0.15, -0.1) is 0 Å². The molecule has 7 heteroatoms. The predicted molar refractivity (Wildman–Crippen MR) is 118 cm³/mol. The summed E-state index contributed by atoms with van der Waals surface area (Å²) in [5, 5.41) is 0. The summed E-state index contributed by atoms with van der Waals surface area (Å²) in [6.07, 6.45) is 8.00. The van der Waals surface area contributed by atoms with Gasteiger partial charge in [-0.3, -0.25) is 9.97 Å². The molecule has 2 aromatic carbocycles. The van der Waals surface area contributed by atoms with Crippen molar-refractivity contribution in [1.29, 1.82) is 0 Å². The molecule has 0 fully saturated rings. The minimum absolute atomic E-state index is 0.178. The van der Waals surface area contributed by atoms with Gasteiger partial charge in [-0.05, 0) is 59.7 Å². The van der Waals surface area contributed by atoms with Gasteiger partial charge in [0.05, 0.1) is 16.6 Å². The maximum Gasteiger partial charge on any atom is 0.177 e. The largest absolute Gasteiger partial charge is 0.329 e. The molecule has 4 aromatic rings. The molecule has 4 rings (SSSR count). The van der Waals surface area contributed by atoms with E-state index in [1.165, 1.54) is 18.4 Å². The van der Waals surface area contributed by atoms with E-state index < -0.39 is 15.9 Å². The van der Waals surface area contributed by atoms with Crippen LogP contribution in [-0.2, 0) is 9.84 Å². The first kappa shape index (κ1) is 20.7. The lowest BCUT2D eigenvalue weighted by Crippen LogP contribution is -2.26. The summed E-state index contributed by atoms with van der Waals surface area (Å²) in [5.41, 5.74) is 2.79. The quantitative estimate of drug-likeness (QED) is 0.431. The summed E-state index contributed by atoms with van der Waals surface area (Å²) < 4.78 is 39.0. The average Bonchev–Trinajstić information content (AvgIpc) is 2.79. The molecule has 2 heterocycles. The number of pyridine rings is 2. The van der Waals surface area contributed by atoms with E-state index in [4.69, 9.17) is 0 Å². The number of sulfone groups is 1. The molecule has 0 aliphatic heterocycles. The number of para-hydroxylation sites is 1. The third-order valence-corrected chi connectivity index (χ3v) is 6.03. The first-order valence-corrected chi connectivity index (χ1v) is 11.5. The average molecular weight is 434 g/mol. The molecule has 2 aromatic heterocycles. The summed E-state index contributed by atoms with van der Waals surface area (Å²) in [6.45, 7) is 0. The Labute approximate surface area is 180 Å². The van der Waals surface area contributed by atoms with E-state index in [0.29, 0.717) is 11.4 Å². The first-order chi connectivity index (χ1) is 14.9. The van der Waals surface area contributed by atoms with Crippen molar-refractivity contribution in [2.24, 2.45) is 0 Å². The molecule has 31 heavy (non-hydrogen) atoms. The van der Waals surface area contributed by atoms with Crippen LogP contribution < -0.4 is 4.90 Å². The molecule has 0 saturated carbocycles. The van der Waals surface area contributed by atoms with Crippen molar-refractivity contribution in [3.63, 3.8) is 0 Å². The molecular formula is C24H20FN3O2S. The summed E-state index contributed by atoms with van der Waals surface area (Å²) in [6, 6.07) is 19.8. The standard InChI is InChI=1S/C24H20FN3O2S/c1-31(29,30)23-9-3-2-8-22(23)28(21-12-10-20(25)11-13-21)24(18-6-4-14-26-16-18)19-7-5-15-27-17-19/h2-17,24H,1H3. The molecule has 0 bridgehead atoms. The Hall–Kier alpha value is -3.58. The Morgan fingerprint density at radius 3 is 1.90 bits per heavy atom. The van der Waals surface area contributed by atoms with Gasteiger partial charge in [0.15, 0.2) is 9.84 Å². The van der Waals surface area contributed by atoms with Gasteiger partial charge < -0.3 is 4.90 Å². The van der Waals surface area contributed by atoms with Gasteiger partial charge >= 0.3 is 0 Å². The zero-order valence-electron chi connectivity index (χ0n) is 16.8.